The Balaban J connectivity index is 4.18. The van der Waals surface area contributed by atoms with Crippen molar-refractivity contribution in [2.75, 3.05) is 0 Å². The number of alkyl halides is 5. The average Bonchev–Trinajstić information content (AvgIpc) is 1.82. The first kappa shape index (κ1) is 11.5. The van der Waals surface area contributed by atoms with Crippen LogP contribution in [0.15, 0.2) is 0 Å². The van der Waals surface area contributed by atoms with Gasteiger partial charge in [-0.05, 0) is 0 Å². The maximum Gasteiger partial charge on any atom is 0.349 e. The summed E-state index contributed by atoms with van der Waals surface area (Å²) in [5, 5.41) is 0. The van der Waals surface area contributed by atoms with Crippen molar-refractivity contribution in [2.45, 2.75) is 24.9 Å². The minimum absolute atomic E-state index is 2.20. The summed E-state index contributed by atoms with van der Waals surface area (Å²) in [6.07, 6.45) is -12.8. The molecule has 0 aromatic rings. The first-order valence-electron chi connectivity index (χ1n) is 2.75. The van der Waals surface area contributed by atoms with Crippen LogP contribution in [0.2, 0.25) is 0 Å². The Morgan fingerprint density at radius 1 is 1.08 bits per heavy atom. The third-order valence-corrected chi connectivity index (χ3v) is 0.989. The highest BCUT2D eigenvalue weighted by Gasteiger charge is 2.48. The lowest BCUT2D eigenvalue weighted by molar-refractivity contribution is -0.122. The molecule has 0 N–H and O–H groups in total. The van der Waals surface area contributed by atoms with Crippen molar-refractivity contribution >= 4 is 0 Å². The molecule has 7 heteroatoms. The number of hydrogen-bond acceptors (Lipinski definition) is 0. The van der Waals surface area contributed by atoms with Gasteiger partial charge in [-0.25, -0.2) is 22.0 Å². The zero-order valence-corrected chi connectivity index (χ0v) is 5.51. The van der Waals surface area contributed by atoms with Gasteiger partial charge in [0.25, 0.3) is 5.92 Å². The van der Waals surface area contributed by atoms with Gasteiger partial charge in [0.1, 0.15) is 0 Å². The fraction of sp³-hybridized carbons (Fsp3) is 0.800. The van der Waals surface area contributed by atoms with Gasteiger partial charge in [-0.1, -0.05) is 0 Å². The lowest BCUT2D eigenvalue weighted by Crippen LogP contribution is -2.34. The highest BCUT2D eigenvalue weighted by atomic mass is 19.3. The van der Waals surface area contributed by atoms with Gasteiger partial charge in [0, 0.05) is 0 Å². The van der Waals surface area contributed by atoms with E-state index >= 15 is 0 Å². The lowest BCUT2D eigenvalue weighted by atomic mass is 10.1. The third-order valence-electron chi connectivity index (χ3n) is 0.989. The summed E-state index contributed by atoms with van der Waals surface area (Å²) in [6, 6.07) is 0. The molecule has 0 aliphatic carbocycles. The van der Waals surface area contributed by atoms with E-state index in [4.69, 9.17) is 0 Å². The van der Waals surface area contributed by atoms with Crippen LogP contribution in [-0.2, 0) is 0 Å². The second-order valence-electron chi connectivity index (χ2n) is 2.01. The summed E-state index contributed by atoms with van der Waals surface area (Å²) in [5.41, 5.74) is 0. The predicted molar refractivity (Wildman–Crippen MR) is 25.9 cm³/mol. The molecule has 0 fully saturated rings. The Morgan fingerprint density at radius 3 is 1.75 bits per heavy atom. The van der Waals surface area contributed by atoms with E-state index in [0.29, 0.717) is 0 Å². The van der Waals surface area contributed by atoms with Gasteiger partial charge in [0.05, 0.1) is 6.42 Å². The number of hydrogen-bond donors (Lipinski definition) is 0. The van der Waals surface area contributed by atoms with E-state index in [-0.39, 0.29) is 0 Å². The molecule has 0 aliphatic rings. The summed E-state index contributed by atoms with van der Waals surface area (Å²) in [4.78, 5) is 0. The van der Waals surface area contributed by atoms with E-state index in [9.17, 15) is 30.7 Å². The Labute approximate surface area is 63.4 Å². The maximum atomic E-state index is 12.0. The normalized spacial score (nSPS) is 15.8. The smallest absolute Gasteiger partial charge is 0.234 e. The van der Waals surface area contributed by atoms with Crippen LogP contribution in [0.3, 0.4) is 0 Å². The van der Waals surface area contributed by atoms with Gasteiger partial charge >= 0.3 is 6.43 Å². The second-order valence-corrected chi connectivity index (χ2v) is 2.01. The molecule has 1 unspecified atom stereocenters. The Kier molecular flexibility index (Phi) is 3.79. The van der Waals surface area contributed by atoms with E-state index in [1.807, 2.05) is 0 Å². The zero-order chi connectivity index (χ0) is 9.94. The molecule has 0 saturated carbocycles. The van der Waals surface area contributed by atoms with Crippen molar-refractivity contribution in [3.8, 4) is 0 Å². The SMILES string of the molecule is F[C](F)C(F)C(F)(F)CC(F)F. The highest BCUT2D eigenvalue weighted by molar-refractivity contribution is 4.88. The standard InChI is InChI=1S/C5H4F7/c6-2(7)1-5(11,12)3(8)4(9)10/h2-3H,1H2. The molecule has 0 aromatic carbocycles. The minimum atomic E-state index is -4.70. The van der Waals surface area contributed by atoms with Crippen molar-refractivity contribution in [2.24, 2.45) is 0 Å². The van der Waals surface area contributed by atoms with E-state index < -0.39 is 31.4 Å². The molecule has 1 radical (unpaired) electrons. The Bertz CT molecular complexity index is 132. The second kappa shape index (κ2) is 3.95. The highest BCUT2D eigenvalue weighted by Crippen LogP contribution is 2.34. The molecule has 0 rings (SSSR count). The van der Waals surface area contributed by atoms with Crippen LogP contribution >= 0.6 is 0 Å². The van der Waals surface area contributed by atoms with Gasteiger partial charge in [0.2, 0.25) is 12.6 Å². The predicted octanol–water partition coefficient (Wildman–Crippen LogP) is 3.04. The summed E-state index contributed by atoms with van der Waals surface area (Å²) in [7, 11) is 0. The van der Waals surface area contributed by atoms with Crippen molar-refractivity contribution in [1.82, 2.24) is 0 Å². The maximum absolute atomic E-state index is 12.0. The van der Waals surface area contributed by atoms with Gasteiger partial charge in [-0.3, -0.25) is 0 Å². The fourth-order valence-corrected chi connectivity index (χ4v) is 0.469. The minimum Gasteiger partial charge on any atom is -0.234 e. The van der Waals surface area contributed by atoms with E-state index in [1.165, 1.54) is 0 Å². The Hall–Kier alpha value is -0.490. The fourth-order valence-electron chi connectivity index (χ4n) is 0.469. The summed E-state index contributed by atoms with van der Waals surface area (Å²) in [5.74, 6) is -4.70. The van der Waals surface area contributed by atoms with Gasteiger partial charge in [-0.15, -0.1) is 0 Å². The zero-order valence-electron chi connectivity index (χ0n) is 5.51. The quantitative estimate of drug-likeness (QED) is 0.607. The monoisotopic (exact) mass is 197 g/mol. The van der Waals surface area contributed by atoms with Crippen LogP contribution in [0.4, 0.5) is 30.7 Å². The van der Waals surface area contributed by atoms with Crippen LogP contribution in [-0.4, -0.2) is 18.5 Å². The van der Waals surface area contributed by atoms with Gasteiger partial charge < -0.3 is 0 Å². The van der Waals surface area contributed by atoms with Crippen molar-refractivity contribution in [1.29, 1.82) is 0 Å². The molecular weight excluding hydrogens is 193 g/mol. The molecule has 0 nitrogen and oxygen atoms in total. The first-order valence-corrected chi connectivity index (χ1v) is 2.75. The van der Waals surface area contributed by atoms with Crippen LogP contribution in [0.5, 0.6) is 0 Å². The molecule has 0 aromatic heterocycles. The van der Waals surface area contributed by atoms with E-state index in [2.05, 4.69) is 0 Å². The molecule has 73 valence electrons. The Morgan fingerprint density at radius 2 is 1.50 bits per heavy atom. The topological polar surface area (TPSA) is 0 Å². The van der Waals surface area contributed by atoms with Crippen molar-refractivity contribution < 1.29 is 30.7 Å². The van der Waals surface area contributed by atoms with Crippen LogP contribution in [0.25, 0.3) is 0 Å². The molecule has 0 aliphatic heterocycles. The van der Waals surface area contributed by atoms with Gasteiger partial charge in [-0.2, -0.15) is 8.78 Å². The summed E-state index contributed by atoms with van der Waals surface area (Å²) < 4.78 is 80.6. The molecule has 0 amide bonds. The van der Waals surface area contributed by atoms with Gasteiger partial charge in [0.15, 0.2) is 0 Å². The molecule has 0 saturated heterocycles. The first-order chi connectivity index (χ1) is 5.27. The third kappa shape index (κ3) is 3.27. The molecule has 12 heavy (non-hydrogen) atoms. The van der Waals surface area contributed by atoms with Crippen LogP contribution in [0, 0.1) is 6.43 Å². The van der Waals surface area contributed by atoms with Crippen LogP contribution in [0.1, 0.15) is 6.42 Å². The molecule has 0 heterocycles. The molecule has 0 bridgehead atoms. The average molecular weight is 197 g/mol. The molecule has 0 spiro atoms. The summed E-state index contributed by atoms with van der Waals surface area (Å²) >= 11 is 0. The number of rotatable bonds is 4. The lowest BCUT2D eigenvalue weighted by Gasteiger charge is -2.18. The molecule has 1 atom stereocenters. The largest absolute Gasteiger partial charge is 0.349 e. The van der Waals surface area contributed by atoms with Crippen LogP contribution < -0.4 is 0 Å². The van der Waals surface area contributed by atoms with Crippen molar-refractivity contribution in [3.05, 3.63) is 6.43 Å². The number of halogens is 7. The van der Waals surface area contributed by atoms with E-state index in [1.54, 1.807) is 0 Å². The summed E-state index contributed by atoms with van der Waals surface area (Å²) in [6.45, 7) is 0. The molecular formula is C5H4F7. The van der Waals surface area contributed by atoms with Crippen molar-refractivity contribution in [3.63, 3.8) is 0 Å². The van der Waals surface area contributed by atoms with E-state index in [0.717, 1.165) is 0 Å².